The highest BCUT2D eigenvalue weighted by molar-refractivity contribution is 6.33. The van der Waals surface area contributed by atoms with E-state index in [4.69, 9.17) is 16.9 Å². The zero-order valence-electron chi connectivity index (χ0n) is 10.9. The third-order valence-corrected chi connectivity index (χ3v) is 3.70. The zero-order chi connectivity index (χ0) is 13.9. The van der Waals surface area contributed by atoms with E-state index in [0.717, 1.165) is 17.7 Å². The van der Waals surface area contributed by atoms with Crippen molar-refractivity contribution in [2.45, 2.75) is 25.4 Å². The van der Waals surface area contributed by atoms with Crippen LogP contribution in [0.5, 0.6) is 0 Å². The monoisotopic (exact) mass is 283 g/mol. The van der Waals surface area contributed by atoms with Crippen LogP contribution in [0.4, 0.5) is 0 Å². The number of aromatic nitrogens is 1. The third-order valence-electron chi connectivity index (χ3n) is 3.38. The van der Waals surface area contributed by atoms with Crippen molar-refractivity contribution in [3.63, 3.8) is 0 Å². The van der Waals surface area contributed by atoms with Crippen molar-refractivity contribution in [1.29, 1.82) is 5.26 Å². The summed E-state index contributed by atoms with van der Waals surface area (Å²) >= 11 is 6.35. The fourth-order valence-electron chi connectivity index (χ4n) is 2.10. The second-order valence-corrected chi connectivity index (χ2v) is 5.45. The Balaban J connectivity index is 1.83. The number of rotatable bonds is 4. The van der Waals surface area contributed by atoms with Crippen LogP contribution in [0.15, 0.2) is 36.7 Å². The van der Waals surface area contributed by atoms with Crippen LogP contribution in [0.2, 0.25) is 5.02 Å². The van der Waals surface area contributed by atoms with Crippen molar-refractivity contribution >= 4 is 11.6 Å². The second-order valence-electron chi connectivity index (χ2n) is 5.04. The van der Waals surface area contributed by atoms with E-state index in [1.165, 1.54) is 18.4 Å². The maximum absolute atomic E-state index is 8.92. The van der Waals surface area contributed by atoms with Gasteiger partial charge in [-0.15, -0.1) is 0 Å². The summed E-state index contributed by atoms with van der Waals surface area (Å²) in [7, 11) is 0. The van der Waals surface area contributed by atoms with Gasteiger partial charge in [0.2, 0.25) is 0 Å². The molecular formula is C16H14ClN3. The van der Waals surface area contributed by atoms with Gasteiger partial charge in [0.1, 0.15) is 6.07 Å². The molecule has 0 unspecified atom stereocenters. The largest absolute Gasteiger partial charge is 0.310 e. The molecule has 4 heteroatoms. The molecule has 1 aliphatic rings. The van der Waals surface area contributed by atoms with Crippen molar-refractivity contribution in [3.8, 4) is 17.2 Å². The Morgan fingerprint density at radius 2 is 2.15 bits per heavy atom. The lowest BCUT2D eigenvalue weighted by molar-refractivity contribution is 0.688. The average molecular weight is 284 g/mol. The number of nitrogens with one attached hydrogen (secondary N) is 1. The molecule has 0 spiro atoms. The van der Waals surface area contributed by atoms with Gasteiger partial charge in [0.25, 0.3) is 0 Å². The molecule has 1 heterocycles. The van der Waals surface area contributed by atoms with Crippen molar-refractivity contribution < 1.29 is 0 Å². The molecule has 0 radical (unpaired) electrons. The van der Waals surface area contributed by atoms with Crippen LogP contribution in [0.3, 0.4) is 0 Å². The lowest BCUT2D eigenvalue weighted by Gasteiger charge is -2.08. The van der Waals surface area contributed by atoms with E-state index >= 15 is 0 Å². The summed E-state index contributed by atoms with van der Waals surface area (Å²) in [5.41, 5.74) is 3.50. The summed E-state index contributed by atoms with van der Waals surface area (Å²) in [5.74, 6) is 0. The molecular weight excluding hydrogens is 270 g/mol. The lowest BCUT2D eigenvalue weighted by Crippen LogP contribution is -2.15. The molecule has 3 rings (SSSR count). The highest BCUT2D eigenvalue weighted by atomic mass is 35.5. The first-order chi connectivity index (χ1) is 9.76. The van der Waals surface area contributed by atoms with E-state index in [1.807, 2.05) is 12.1 Å². The van der Waals surface area contributed by atoms with E-state index in [9.17, 15) is 0 Å². The molecule has 1 saturated carbocycles. The number of nitriles is 1. The first-order valence-electron chi connectivity index (χ1n) is 6.63. The topological polar surface area (TPSA) is 48.7 Å². The Morgan fingerprint density at radius 3 is 2.85 bits per heavy atom. The van der Waals surface area contributed by atoms with Gasteiger partial charge < -0.3 is 5.32 Å². The normalized spacial score (nSPS) is 14.0. The summed E-state index contributed by atoms with van der Waals surface area (Å²) in [6.07, 6.45) is 5.83. The number of nitrogens with zero attached hydrogens (tertiary/aromatic N) is 2. The van der Waals surface area contributed by atoms with Gasteiger partial charge in [-0.05, 0) is 30.5 Å². The Bertz CT molecular complexity index is 672. The van der Waals surface area contributed by atoms with Crippen LogP contribution < -0.4 is 5.32 Å². The van der Waals surface area contributed by atoms with Crippen molar-refractivity contribution in [3.05, 3.63) is 52.8 Å². The second kappa shape index (κ2) is 5.62. The molecule has 3 nitrogen and oxygen atoms in total. The van der Waals surface area contributed by atoms with Gasteiger partial charge in [-0.25, -0.2) is 0 Å². The van der Waals surface area contributed by atoms with Gasteiger partial charge in [0, 0.05) is 41.1 Å². The van der Waals surface area contributed by atoms with E-state index in [2.05, 4.69) is 22.4 Å². The lowest BCUT2D eigenvalue weighted by atomic mass is 10.0. The molecule has 1 aromatic heterocycles. The van der Waals surface area contributed by atoms with E-state index in [-0.39, 0.29) is 0 Å². The Labute approximate surface area is 123 Å². The summed E-state index contributed by atoms with van der Waals surface area (Å²) in [6, 6.07) is 10.6. The molecule has 0 saturated heterocycles. The smallest absolute Gasteiger partial charge is 0.101 e. The quantitative estimate of drug-likeness (QED) is 0.934. The predicted molar refractivity (Wildman–Crippen MR) is 79.3 cm³/mol. The Kier molecular flexibility index (Phi) is 3.68. The molecule has 0 atom stereocenters. The molecule has 0 bridgehead atoms. The summed E-state index contributed by atoms with van der Waals surface area (Å²) < 4.78 is 0. The van der Waals surface area contributed by atoms with Crippen LogP contribution in [-0.4, -0.2) is 11.0 Å². The third kappa shape index (κ3) is 2.98. The minimum Gasteiger partial charge on any atom is -0.310 e. The maximum Gasteiger partial charge on any atom is 0.101 e. The Hall–Kier alpha value is -1.89. The van der Waals surface area contributed by atoms with Crippen LogP contribution >= 0.6 is 11.6 Å². The molecule has 100 valence electrons. The number of hydrogen-bond acceptors (Lipinski definition) is 3. The maximum atomic E-state index is 8.92. The van der Waals surface area contributed by atoms with E-state index in [0.29, 0.717) is 16.6 Å². The fourth-order valence-corrected chi connectivity index (χ4v) is 2.41. The van der Waals surface area contributed by atoms with Crippen LogP contribution in [0, 0.1) is 11.3 Å². The standard InChI is InChI=1S/C16H14ClN3/c17-16-6-11(9-20-14-2-3-14)1-4-15(16)13-5-12(7-18)8-19-10-13/h1,4-6,8,10,14,20H,2-3,9H2. The minimum atomic E-state index is 0.540. The number of hydrogen-bond donors (Lipinski definition) is 1. The minimum absolute atomic E-state index is 0.540. The van der Waals surface area contributed by atoms with Gasteiger partial charge in [0.15, 0.2) is 0 Å². The van der Waals surface area contributed by atoms with E-state index in [1.54, 1.807) is 18.5 Å². The molecule has 20 heavy (non-hydrogen) atoms. The van der Waals surface area contributed by atoms with Gasteiger partial charge in [-0.2, -0.15) is 5.26 Å². The van der Waals surface area contributed by atoms with Crippen molar-refractivity contribution in [1.82, 2.24) is 10.3 Å². The number of pyridine rings is 1. The predicted octanol–water partition coefficient (Wildman–Crippen LogP) is 3.53. The zero-order valence-corrected chi connectivity index (χ0v) is 11.7. The highest BCUT2D eigenvalue weighted by Gasteiger charge is 2.20. The first-order valence-corrected chi connectivity index (χ1v) is 7.01. The SMILES string of the molecule is N#Cc1cncc(-c2ccc(CNC3CC3)cc2Cl)c1. The number of halogens is 1. The van der Waals surface area contributed by atoms with Gasteiger partial charge in [0.05, 0.1) is 5.56 Å². The summed E-state index contributed by atoms with van der Waals surface area (Å²) in [5, 5.41) is 13.1. The average Bonchev–Trinajstić information content (AvgIpc) is 3.29. The van der Waals surface area contributed by atoms with Gasteiger partial charge >= 0.3 is 0 Å². The summed E-state index contributed by atoms with van der Waals surface area (Å²) in [6.45, 7) is 0.848. The van der Waals surface area contributed by atoms with Crippen LogP contribution in [-0.2, 0) is 6.54 Å². The fraction of sp³-hybridized carbons (Fsp3) is 0.250. The van der Waals surface area contributed by atoms with Crippen molar-refractivity contribution in [2.24, 2.45) is 0 Å². The number of benzene rings is 1. The molecule has 1 aromatic carbocycles. The van der Waals surface area contributed by atoms with Crippen LogP contribution in [0.25, 0.3) is 11.1 Å². The molecule has 1 N–H and O–H groups in total. The molecule has 0 amide bonds. The van der Waals surface area contributed by atoms with Crippen LogP contribution in [0.1, 0.15) is 24.0 Å². The molecule has 2 aromatic rings. The Morgan fingerprint density at radius 1 is 1.30 bits per heavy atom. The van der Waals surface area contributed by atoms with Gasteiger partial charge in [-0.1, -0.05) is 23.7 Å². The van der Waals surface area contributed by atoms with E-state index < -0.39 is 0 Å². The first kappa shape index (κ1) is 13.1. The molecule has 1 fully saturated rings. The molecule has 0 aliphatic heterocycles. The molecule has 1 aliphatic carbocycles. The summed E-state index contributed by atoms with van der Waals surface area (Å²) in [4.78, 5) is 4.07. The van der Waals surface area contributed by atoms with Crippen molar-refractivity contribution in [2.75, 3.05) is 0 Å². The van der Waals surface area contributed by atoms with Gasteiger partial charge in [-0.3, -0.25) is 4.98 Å². The highest BCUT2D eigenvalue weighted by Crippen LogP contribution is 2.29.